The lowest BCUT2D eigenvalue weighted by Crippen LogP contribution is -2.55. The third-order valence-electron chi connectivity index (χ3n) is 1.69. The standard InChI is InChI=1S/C14H33NO3SSi/c1-12(2,3)16-20(19-11-10-15,17-13(4,5)6)18-14(7,8)9/h10-11,15H2,1-9H3. The normalized spacial score (nSPS) is 14.7. The molecule has 4 nitrogen and oxygen atoms in total. The molecule has 0 atom stereocenters. The summed E-state index contributed by atoms with van der Waals surface area (Å²) in [4.78, 5) is 0. The van der Waals surface area contributed by atoms with E-state index in [9.17, 15) is 0 Å². The van der Waals surface area contributed by atoms with Gasteiger partial charge in [0.2, 0.25) is 0 Å². The van der Waals surface area contributed by atoms with E-state index in [1.807, 2.05) is 62.3 Å². The molecule has 0 aromatic rings. The van der Waals surface area contributed by atoms with Crippen LogP contribution < -0.4 is 5.73 Å². The zero-order valence-corrected chi connectivity index (χ0v) is 16.4. The van der Waals surface area contributed by atoms with Crippen molar-refractivity contribution in [1.29, 1.82) is 0 Å². The van der Waals surface area contributed by atoms with Crippen LogP contribution in [-0.4, -0.2) is 37.1 Å². The first kappa shape index (κ1) is 20.4. The van der Waals surface area contributed by atoms with E-state index in [-0.39, 0.29) is 16.8 Å². The molecular weight excluding hydrogens is 290 g/mol. The van der Waals surface area contributed by atoms with Crippen molar-refractivity contribution >= 4 is 19.2 Å². The molecule has 0 radical (unpaired) electrons. The molecule has 2 N–H and O–H groups in total. The second-order valence-electron chi connectivity index (χ2n) is 7.78. The minimum atomic E-state index is -2.89. The summed E-state index contributed by atoms with van der Waals surface area (Å²) in [6.45, 7) is 18.8. The molecule has 0 aliphatic rings. The Kier molecular flexibility index (Phi) is 7.26. The predicted molar refractivity (Wildman–Crippen MR) is 89.8 cm³/mol. The van der Waals surface area contributed by atoms with Gasteiger partial charge < -0.3 is 19.0 Å². The molecule has 0 aliphatic heterocycles. The Balaban J connectivity index is 5.38. The molecule has 0 aromatic carbocycles. The summed E-state index contributed by atoms with van der Waals surface area (Å²) in [5, 5.41) is 0. The van der Waals surface area contributed by atoms with E-state index < -0.39 is 7.95 Å². The highest BCUT2D eigenvalue weighted by Gasteiger charge is 2.51. The molecule has 6 heteroatoms. The molecule has 0 spiro atoms. The van der Waals surface area contributed by atoms with Gasteiger partial charge in [-0.2, -0.15) is 0 Å². The van der Waals surface area contributed by atoms with Gasteiger partial charge in [-0.25, -0.2) is 0 Å². The Morgan fingerprint density at radius 2 is 1.05 bits per heavy atom. The van der Waals surface area contributed by atoms with Gasteiger partial charge in [0, 0.05) is 12.3 Å². The van der Waals surface area contributed by atoms with Crippen molar-refractivity contribution in [2.24, 2.45) is 5.73 Å². The lowest BCUT2D eigenvalue weighted by Gasteiger charge is -2.42. The molecule has 0 rings (SSSR count). The highest BCUT2D eigenvalue weighted by atomic mass is 32.4. The number of hydrogen-bond acceptors (Lipinski definition) is 5. The van der Waals surface area contributed by atoms with Gasteiger partial charge in [0.1, 0.15) is 0 Å². The summed E-state index contributed by atoms with van der Waals surface area (Å²) >= 11 is 1.60. The second-order valence-corrected chi connectivity index (χ2v) is 12.5. The van der Waals surface area contributed by atoms with Gasteiger partial charge in [0.05, 0.1) is 16.8 Å². The molecular formula is C14H33NO3SSi. The highest BCUT2D eigenvalue weighted by Crippen LogP contribution is 2.36. The largest absolute Gasteiger partial charge is 0.574 e. The van der Waals surface area contributed by atoms with Gasteiger partial charge in [-0.1, -0.05) is 11.2 Å². The third kappa shape index (κ3) is 10.2. The molecule has 0 aromatic heterocycles. The van der Waals surface area contributed by atoms with Crippen LogP contribution in [0.15, 0.2) is 0 Å². The summed E-state index contributed by atoms with van der Waals surface area (Å²) in [7, 11) is -2.89. The molecule has 0 fully saturated rings. The highest BCUT2D eigenvalue weighted by molar-refractivity contribution is 8.26. The monoisotopic (exact) mass is 323 g/mol. The minimum absolute atomic E-state index is 0.329. The molecule has 0 heterocycles. The first-order chi connectivity index (χ1) is 8.68. The minimum Gasteiger partial charge on any atom is -0.360 e. The van der Waals surface area contributed by atoms with Crippen LogP contribution in [0.2, 0.25) is 0 Å². The number of rotatable bonds is 6. The molecule has 0 unspecified atom stereocenters. The second kappa shape index (κ2) is 7.11. The summed E-state index contributed by atoms with van der Waals surface area (Å²) < 4.78 is 18.8. The first-order valence-corrected chi connectivity index (χ1v) is 10.6. The Labute approximate surface area is 130 Å². The van der Waals surface area contributed by atoms with Crippen LogP contribution in [0.1, 0.15) is 62.3 Å². The quantitative estimate of drug-likeness (QED) is 0.757. The van der Waals surface area contributed by atoms with E-state index in [4.69, 9.17) is 19.0 Å². The molecule has 0 aliphatic carbocycles. The average Bonchev–Trinajstić information content (AvgIpc) is 2.05. The maximum Gasteiger partial charge on any atom is 0.574 e. The van der Waals surface area contributed by atoms with E-state index in [0.717, 1.165) is 5.75 Å². The zero-order valence-electron chi connectivity index (χ0n) is 14.6. The van der Waals surface area contributed by atoms with E-state index in [0.29, 0.717) is 6.54 Å². The summed E-state index contributed by atoms with van der Waals surface area (Å²) in [5.41, 5.74) is 4.67. The lowest BCUT2D eigenvalue weighted by atomic mass is 10.2. The van der Waals surface area contributed by atoms with Gasteiger partial charge in [-0.05, 0) is 62.3 Å². The fraction of sp³-hybridized carbons (Fsp3) is 1.00. The number of nitrogens with two attached hydrogens (primary N) is 1. The van der Waals surface area contributed by atoms with E-state index in [1.54, 1.807) is 11.2 Å². The van der Waals surface area contributed by atoms with E-state index in [1.165, 1.54) is 0 Å². The van der Waals surface area contributed by atoms with Gasteiger partial charge in [-0.3, -0.25) is 0 Å². The molecule has 0 saturated carbocycles. The van der Waals surface area contributed by atoms with Crippen molar-refractivity contribution in [1.82, 2.24) is 0 Å². The average molecular weight is 324 g/mol. The van der Waals surface area contributed by atoms with Crippen LogP contribution in [0.3, 0.4) is 0 Å². The molecule has 0 saturated heterocycles. The Morgan fingerprint density at radius 3 is 1.25 bits per heavy atom. The molecule has 122 valence electrons. The Bertz CT molecular complexity index is 251. The SMILES string of the molecule is CC(C)(C)O[Si](OC(C)(C)C)(OC(C)(C)C)SCCN. The van der Waals surface area contributed by atoms with Crippen LogP contribution in [-0.2, 0) is 13.3 Å². The van der Waals surface area contributed by atoms with Crippen molar-refractivity contribution in [3.8, 4) is 0 Å². The van der Waals surface area contributed by atoms with E-state index in [2.05, 4.69) is 0 Å². The lowest BCUT2D eigenvalue weighted by molar-refractivity contribution is -0.0578. The fourth-order valence-electron chi connectivity index (χ4n) is 1.46. The van der Waals surface area contributed by atoms with Crippen molar-refractivity contribution in [2.45, 2.75) is 79.1 Å². The van der Waals surface area contributed by atoms with Gasteiger partial charge >= 0.3 is 7.95 Å². The van der Waals surface area contributed by atoms with Gasteiger partial charge in [-0.15, -0.1) is 0 Å². The van der Waals surface area contributed by atoms with E-state index >= 15 is 0 Å². The van der Waals surface area contributed by atoms with Crippen LogP contribution in [0.25, 0.3) is 0 Å². The van der Waals surface area contributed by atoms with Gasteiger partial charge in [0.25, 0.3) is 0 Å². The Hall–Kier alpha value is 0.407. The fourth-order valence-corrected chi connectivity index (χ4v) is 8.26. The van der Waals surface area contributed by atoms with Crippen LogP contribution in [0, 0.1) is 0 Å². The third-order valence-corrected chi connectivity index (χ3v) is 7.49. The Morgan fingerprint density at radius 1 is 0.750 bits per heavy atom. The summed E-state index contributed by atoms with van der Waals surface area (Å²) in [6.07, 6.45) is 0. The number of hydrogen-bond donors (Lipinski definition) is 1. The predicted octanol–water partition coefficient (Wildman–Crippen LogP) is 3.56. The van der Waals surface area contributed by atoms with Crippen molar-refractivity contribution in [3.05, 3.63) is 0 Å². The first-order valence-electron chi connectivity index (χ1n) is 7.13. The van der Waals surface area contributed by atoms with Crippen LogP contribution in [0.4, 0.5) is 0 Å². The van der Waals surface area contributed by atoms with Crippen molar-refractivity contribution in [2.75, 3.05) is 12.3 Å². The smallest absolute Gasteiger partial charge is 0.360 e. The maximum absolute atomic E-state index is 6.28. The maximum atomic E-state index is 6.28. The molecule has 0 amide bonds. The van der Waals surface area contributed by atoms with Crippen LogP contribution in [0.5, 0.6) is 0 Å². The van der Waals surface area contributed by atoms with Crippen molar-refractivity contribution in [3.63, 3.8) is 0 Å². The topological polar surface area (TPSA) is 53.7 Å². The molecule has 20 heavy (non-hydrogen) atoms. The molecule has 0 bridgehead atoms. The van der Waals surface area contributed by atoms with Gasteiger partial charge in [0.15, 0.2) is 0 Å². The van der Waals surface area contributed by atoms with Crippen molar-refractivity contribution < 1.29 is 13.3 Å². The van der Waals surface area contributed by atoms with Crippen LogP contribution >= 0.6 is 11.2 Å². The summed E-state index contributed by atoms with van der Waals surface area (Å²) in [6, 6.07) is 0. The zero-order chi connectivity index (χ0) is 16.2. The summed E-state index contributed by atoms with van der Waals surface area (Å²) in [5.74, 6) is 0.758.